The van der Waals surface area contributed by atoms with Gasteiger partial charge in [-0.05, 0) is 25.1 Å². The summed E-state index contributed by atoms with van der Waals surface area (Å²) < 4.78 is 0. The second-order valence-electron chi connectivity index (χ2n) is 4.63. The van der Waals surface area contributed by atoms with E-state index in [0.717, 1.165) is 28.2 Å². The number of rotatable bonds is 1. The molecule has 1 aliphatic rings. The van der Waals surface area contributed by atoms with Gasteiger partial charge in [0.15, 0.2) is 0 Å². The van der Waals surface area contributed by atoms with Gasteiger partial charge in [0.05, 0.1) is 11.4 Å². The summed E-state index contributed by atoms with van der Waals surface area (Å²) in [4.78, 5) is 9.31. The molecule has 1 atom stereocenters. The standard InChI is InChI=1S/C16H13ClN2S/c1-10-16(20)19-15(11-5-3-2-4-6-11)13-9-12(17)7-8-14(13)18-10/h2-9,16,20H,1H3. The molecule has 0 bridgehead atoms. The normalized spacial score (nSPS) is 17.9. The molecule has 2 nitrogen and oxygen atoms in total. The van der Waals surface area contributed by atoms with Crippen molar-refractivity contribution in [3.05, 3.63) is 64.7 Å². The quantitative estimate of drug-likeness (QED) is 0.748. The monoisotopic (exact) mass is 300 g/mol. The Kier molecular flexibility index (Phi) is 3.64. The fourth-order valence-corrected chi connectivity index (χ4v) is 2.50. The van der Waals surface area contributed by atoms with Crippen LogP contribution in [0, 0.1) is 0 Å². The van der Waals surface area contributed by atoms with E-state index in [-0.39, 0.29) is 5.37 Å². The van der Waals surface area contributed by atoms with Crippen molar-refractivity contribution >= 4 is 41.3 Å². The molecule has 0 aliphatic carbocycles. The predicted octanol–water partition coefficient (Wildman–Crippen LogP) is 4.54. The largest absolute Gasteiger partial charge is 0.264 e. The summed E-state index contributed by atoms with van der Waals surface area (Å²) in [5.74, 6) is 0. The van der Waals surface area contributed by atoms with Crippen molar-refractivity contribution in [3.63, 3.8) is 0 Å². The summed E-state index contributed by atoms with van der Waals surface area (Å²) in [5.41, 5.74) is 4.62. The van der Waals surface area contributed by atoms with Crippen molar-refractivity contribution in [2.75, 3.05) is 0 Å². The zero-order valence-electron chi connectivity index (χ0n) is 10.9. The van der Waals surface area contributed by atoms with E-state index in [4.69, 9.17) is 16.6 Å². The van der Waals surface area contributed by atoms with E-state index in [0.29, 0.717) is 5.02 Å². The molecule has 0 N–H and O–H groups in total. The summed E-state index contributed by atoms with van der Waals surface area (Å²) >= 11 is 10.6. The number of hydrogen-bond acceptors (Lipinski definition) is 3. The van der Waals surface area contributed by atoms with Crippen molar-refractivity contribution in [3.8, 4) is 0 Å². The number of hydrogen-bond donors (Lipinski definition) is 1. The average Bonchev–Trinajstić information content (AvgIpc) is 2.58. The van der Waals surface area contributed by atoms with Crippen LogP contribution in [-0.4, -0.2) is 16.8 Å². The third-order valence-electron chi connectivity index (χ3n) is 3.18. The topological polar surface area (TPSA) is 24.7 Å². The molecule has 4 heteroatoms. The van der Waals surface area contributed by atoms with Gasteiger partial charge in [-0.15, -0.1) is 12.6 Å². The van der Waals surface area contributed by atoms with Crippen LogP contribution in [0.1, 0.15) is 18.1 Å². The third kappa shape index (κ3) is 2.51. The SMILES string of the molecule is CC1=Nc2ccc(Cl)cc2C(c2ccccc2)=NC1S. The van der Waals surface area contributed by atoms with Gasteiger partial charge in [-0.1, -0.05) is 41.9 Å². The minimum atomic E-state index is -0.239. The first-order valence-corrected chi connectivity index (χ1v) is 7.21. The van der Waals surface area contributed by atoms with Crippen molar-refractivity contribution < 1.29 is 0 Å². The zero-order valence-corrected chi connectivity index (χ0v) is 12.6. The average molecular weight is 301 g/mol. The maximum Gasteiger partial charge on any atom is 0.131 e. The highest BCUT2D eigenvalue weighted by molar-refractivity contribution is 7.81. The molecule has 3 rings (SSSR count). The number of halogens is 1. The first-order valence-electron chi connectivity index (χ1n) is 6.31. The van der Waals surface area contributed by atoms with Crippen molar-refractivity contribution in [2.24, 2.45) is 9.98 Å². The van der Waals surface area contributed by atoms with Crippen LogP contribution in [0.15, 0.2) is 58.5 Å². The van der Waals surface area contributed by atoms with Crippen LogP contribution in [0.5, 0.6) is 0 Å². The molecular weight excluding hydrogens is 288 g/mol. The molecule has 2 aromatic carbocycles. The zero-order chi connectivity index (χ0) is 14.1. The Bertz CT molecular complexity index is 708. The number of thiol groups is 1. The first kappa shape index (κ1) is 13.4. The molecule has 1 unspecified atom stereocenters. The van der Waals surface area contributed by atoms with Crippen LogP contribution in [0.2, 0.25) is 5.02 Å². The molecule has 1 heterocycles. The van der Waals surface area contributed by atoms with Crippen LogP contribution in [0.4, 0.5) is 5.69 Å². The minimum Gasteiger partial charge on any atom is -0.264 e. The van der Waals surface area contributed by atoms with E-state index in [2.05, 4.69) is 17.6 Å². The Morgan fingerprint density at radius 1 is 1.10 bits per heavy atom. The van der Waals surface area contributed by atoms with Gasteiger partial charge in [0, 0.05) is 21.9 Å². The molecule has 0 spiro atoms. The molecule has 0 saturated heterocycles. The van der Waals surface area contributed by atoms with E-state index in [9.17, 15) is 0 Å². The summed E-state index contributed by atoms with van der Waals surface area (Å²) in [6.07, 6.45) is 0. The molecule has 100 valence electrons. The Morgan fingerprint density at radius 2 is 1.85 bits per heavy atom. The maximum absolute atomic E-state index is 6.13. The Morgan fingerprint density at radius 3 is 2.60 bits per heavy atom. The van der Waals surface area contributed by atoms with Crippen LogP contribution >= 0.6 is 24.2 Å². The van der Waals surface area contributed by atoms with Crippen LogP contribution in [0.3, 0.4) is 0 Å². The summed E-state index contributed by atoms with van der Waals surface area (Å²) in [7, 11) is 0. The molecule has 0 fully saturated rings. The van der Waals surface area contributed by atoms with Gasteiger partial charge >= 0.3 is 0 Å². The highest BCUT2D eigenvalue weighted by Gasteiger charge is 2.18. The first-order chi connectivity index (χ1) is 9.65. The molecule has 0 amide bonds. The molecule has 2 aromatic rings. The highest BCUT2D eigenvalue weighted by atomic mass is 35.5. The van der Waals surface area contributed by atoms with Gasteiger partial charge < -0.3 is 0 Å². The van der Waals surface area contributed by atoms with E-state index in [1.807, 2.05) is 55.5 Å². The molecule has 1 aliphatic heterocycles. The van der Waals surface area contributed by atoms with Gasteiger partial charge in [0.1, 0.15) is 5.37 Å². The number of benzene rings is 2. The lowest BCUT2D eigenvalue weighted by Gasteiger charge is -2.09. The van der Waals surface area contributed by atoms with Gasteiger partial charge in [0.25, 0.3) is 0 Å². The summed E-state index contributed by atoms with van der Waals surface area (Å²) in [6.45, 7) is 1.94. The molecule has 0 aromatic heterocycles. The molecule has 0 radical (unpaired) electrons. The number of aliphatic imine (C=N–C) groups is 2. The van der Waals surface area contributed by atoms with Gasteiger partial charge in [-0.25, -0.2) is 0 Å². The maximum atomic E-state index is 6.13. The Labute approximate surface area is 128 Å². The predicted molar refractivity (Wildman–Crippen MR) is 89.1 cm³/mol. The van der Waals surface area contributed by atoms with Crippen molar-refractivity contribution in [1.29, 1.82) is 0 Å². The molecule has 0 saturated carbocycles. The molecule has 20 heavy (non-hydrogen) atoms. The van der Waals surface area contributed by atoms with Gasteiger partial charge in [0.2, 0.25) is 0 Å². The second-order valence-corrected chi connectivity index (χ2v) is 5.56. The summed E-state index contributed by atoms with van der Waals surface area (Å²) in [6, 6.07) is 15.7. The minimum absolute atomic E-state index is 0.239. The van der Waals surface area contributed by atoms with Gasteiger partial charge in [-0.3, -0.25) is 9.98 Å². The van der Waals surface area contributed by atoms with E-state index in [1.165, 1.54) is 0 Å². The highest BCUT2D eigenvalue weighted by Crippen LogP contribution is 2.30. The van der Waals surface area contributed by atoms with Crippen molar-refractivity contribution in [2.45, 2.75) is 12.3 Å². The molecular formula is C16H13ClN2S. The smallest absolute Gasteiger partial charge is 0.131 e. The number of nitrogens with zero attached hydrogens (tertiary/aromatic N) is 2. The van der Waals surface area contributed by atoms with E-state index < -0.39 is 0 Å². The fourth-order valence-electron chi connectivity index (χ4n) is 2.15. The fraction of sp³-hybridized carbons (Fsp3) is 0.125. The van der Waals surface area contributed by atoms with Crippen LogP contribution in [0.25, 0.3) is 0 Å². The third-order valence-corrected chi connectivity index (χ3v) is 3.91. The van der Waals surface area contributed by atoms with Crippen LogP contribution < -0.4 is 0 Å². The second kappa shape index (κ2) is 5.43. The Balaban J connectivity index is 2.25. The van der Waals surface area contributed by atoms with Crippen molar-refractivity contribution in [1.82, 2.24) is 0 Å². The lowest BCUT2D eigenvalue weighted by atomic mass is 10.0. The summed E-state index contributed by atoms with van der Waals surface area (Å²) in [5, 5.41) is 0.439. The lowest BCUT2D eigenvalue weighted by molar-refractivity contribution is 1.21. The van der Waals surface area contributed by atoms with E-state index >= 15 is 0 Å². The van der Waals surface area contributed by atoms with E-state index in [1.54, 1.807) is 0 Å². The number of fused-ring (bicyclic) bond motifs is 1. The lowest BCUT2D eigenvalue weighted by Crippen LogP contribution is -2.10. The van der Waals surface area contributed by atoms with Crippen LogP contribution in [-0.2, 0) is 0 Å². The van der Waals surface area contributed by atoms with Gasteiger partial charge in [-0.2, -0.15) is 0 Å². The Hall–Kier alpha value is -1.58.